The van der Waals surface area contributed by atoms with Crippen LogP contribution in [0.5, 0.6) is 5.75 Å². The van der Waals surface area contributed by atoms with Crippen LogP contribution in [0.15, 0.2) is 54.3 Å². The lowest BCUT2D eigenvalue weighted by Crippen LogP contribution is -2.74. The van der Waals surface area contributed by atoms with Gasteiger partial charge in [-0.05, 0) is 51.1 Å². The Labute approximate surface area is 236 Å². The molecule has 2 heterocycles. The van der Waals surface area contributed by atoms with E-state index in [1.54, 1.807) is 42.5 Å². The molecule has 0 radical (unpaired) electrons. The molecular formula is C31H31NO9. The number of rotatable bonds is 7. The molecular weight excluding hydrogens is 530 g/mol. The summed E-state index contributed by atoms with van der Waals surface area (Å²) in [7, 11) is 1.99. The van der Waals surface area contributed by atoms with Crippen LogP contribution in [0, 0.1) is 0 Å². The highest BCUT2D eigenvalue weighted by Gasteiger charge is 2.72. The van der Waals surface area contributed by atoms with E-state index in [1.807, 2.05) is 13.1 Å². The molecule has 4 aliphatic rings. The van der Waals surface area contributed by atoms with Crippen LogP contribution in [0.2, 0.25) is 0 Å². The first kappa shape index (κ1) is 27.2. The number of nitrogens with zero attached hydrogens (tertiary/aromatic N) is 1. The number of piperidine rings is 1. The summed E-state index contributed by atoms with van der Waals surface area (Å²) in [5.41, 5.74) is 0.469. The fourth-order valence-corrected chi connectivity index (χ4v) is 7.09. The van der Waals surface area contributed by atoms with E-state index < -0.39 is 47.2 Å². The number of likely N-dealkylation sites (tertiary alicyclic amines) is 1. The van der Waals surface area contributed by atoms with Crippen LogP contribution in [0.25, 0.3) is 0 Å². The highest BCUT2D eigenvalue weighted by Crippen LogP contribution is 2.64. The molecule has 0 aromatic heterocycles. The Morgan fingerprint density at radius 3 is 2.59 bits per heavy atom. The molecule has 1 saturated heterocycles. The topological polar surface area (TPSA) is 129 Å². The monoisotopic (exact) mass is 561 g/mol. The lowest BCUT2D eigenvalue weighted by atomic mass is 9.50. The van der Waals surface area contributed by atoms with Crippen LogP contribution >= 0.6 is 0 Å². The van der Waals surface area contributed by atoms with Crippen LogP contribution in [0.1, 0.15) is 59.8 Å². The van der Waals surface area contributed by atoms with Gasteiger partial charge in [0, 0.05) is 30.5 Å². The van der Waals surface area contributed by atoms with Crippen molar-refractivity contribution in [2.75, 3.05) is 13.6 Å². The third-order valence-electron chi connectivity index (χ3n) is 8.98. The Morgan fingerprint density at radius 1 is 1.12 bits per heavy atom. The number of esters is 3. The van der Waals surface area contributed by atoms with Gasteiger partial charge in [0.25, 0.3) is 0 Å². The smallest absolute Gasteiger partial charge is 0.353 e. The van der Waals surface area contributed by atoms with Gasteiger partial charge in [-0.3, -0.25) is 9.59 Å². The quantitative estimate of drug-likeness (QED) is 0.306. The van der Waals surface area contributed by atoms with Gasteiger partial charge in [-0.15, -0.1) is 0 Å². The van der Waals surface area contributed by atoms with Gasteiger partial charge in [-0.1, -0.05) is 36.4 Å². The molecule has 0 amide bonds. The number of benzene rings is 2. The molecule has 6 atom stereocenters. The molecule has 2 bridgehead atoms. The van der Waals surface area contributed by atoms with Crippen LogP contribution in [0.4, 0.5) is 0 Å². The summed E-state index contributed by atoms with van der Waals surface area (Å²) in [5, 5.41) is 12.3. The van der Waals surface area contributed by atoms with Crippen LogP contribution in [-0.4, -0.2) is 71.6 Å². The average molecular weight is 562 g/mol. The molecule has 2 aromatic carbocycles. The summed E-state index contributed by atoms with van der Waals surface area (Å²) in [6.45, 7) is 3.23. The highest BCUT2D eigenvalue weighted by molar-refractivity contribution is 5.85. The molecule has 1 spiro atoms. The van der Waals surface area contributed by atoms with Crippen molar-refractivity contribution in [3.8, 4) is 5.75 Å². The normalized spacial score (nSPS) is 28.7. The minimum atomic E-state index is -1.35. The van der Waals surface area contributed by atoms with E-state index in [-0.39, 0.29) is 18.2 Å². The molecule has 2 aliphatic carbocycles. The predicted molar refractivity (Wildman–Crippen MR) is 143 cm³/mol. The zero-order valence-corrected chi connectivity index (χ0v) is 23.0. The third-order valence-corrected chi connectivity index (χ3v) is 8.98. The fraction of sp³-hybridized carbons (Fsp3) is 0.419. The van der Waals surface area contributed by atoms with E-state index in [9.17, 15) is 24.3 Å². The maximum Gasteiger partial charge on any atom is 0.353 e. The van der Waals surface area contributed by atoms with E-state index >= 15 is 0 Å². The van der Waals surface area contributed by atoms with Gasteiger partial charge in [0.1, 0.15) is 11.5 Å². The van der Waals surface area contributed by atoms with Crippen molar-refractivity contribution in [3.63, 3.8) is 0 Å². The van der Waals surface area contributed by atoms with E-state index in [0.717, 1.165) is 17.4 Å². The second-order valence-corrected chi connectivity index (χ2v) is 11.2. The lowest BCUT2D eigenvalue weighted by molar-refractivity contribution is -0.180. The lowest BCUT2D eigenvalue weighted by Gasteiger charge is -2.61. The maximum absolute atomic E-state index is 13.2. The highest BCUT2D eigenvalue weighted by atomic mass is 16.6. The Balaban J connectivity index is 1.27. The van der Waals surface area contributed by atoms with E-state index in [1.165, 1.54) is 13.8 Å². The van der Waals surface area contributed by atoms with E-state index in [4.69, 9.17) is 18.9 Å². The number of hydrogen-bond acceptors (Lipinski definition) is 10. The fourth-order valence-electron chi connectivity index (χ4n) is 7.09. The van der Waals surface area contributed by atoms with Crippen molar-refractivity contribution in [3.05, 3.63) is 76.6 Å². The summed E-state index contributed by atoms with van der Waals surface area (Å²) < 4.78 is 22.8. The van der Waals surface area contributed by atoms with Gasteiger partial charge >= 0.3 is 17.9 Å². The Hall–Kier alpha value is -4.02. The Bertz CT molecular complexity index is 1470. The van der Waals surface area contributed by atoms with Gasteiger partial charge in [0.2, 0.25) is 6.10 Å². The molecule has 10 nitrogen and oxygen atoms in total. The number of aldehydes is 1. The van der Waals surface area contributed by atoms with Gasteiger partial charge in [0.15, 0.2) is 18.5 Å². The molecule has 1 fully saturated rings. The number of aliphatic hydroxyl groups is 1. The summed E-state index contributed by atoms with van der Waals surface area (Å²) in [5.74, 6) is -1.83. The molecule has 6 rings (SSSR count). The molecule has 41 heavy (non-hydrogen) atoms. The second-order valence-electron chi connectivity index (χ2n) is 11.2. The molecule has 2 aliphatic heterocycles. The van der Waals surface area contributed by atoms with Crippen molar-refractivity contribution < 1.29 is 43.2 Å². The summed E-state index contributed by atoms with van der Waals surface area (Å²) in [6.07, 6.45) is 0.195. The molecule has 214 valence electrons. The molecule has 10 heteroatoms. The van der Waals surface area contributed by atoms with Gasteiger partial charge in [-0.25, -0.2) is 9.59 Å². The van der Waals surface area contributed by atoms with Gasteiger partial charge in [0.05, 0.1) is 16.6 Å². The van der Waals surface area contributed by atoms with E-state index in [0.29, 0.717) is 36.3 Å². The predicted octanol–water partition coefficient (Wildman–Crippen LogP) is 2.56. The van der Waals surface area contributed by atoms with Crippen molar-refractivity contribution in [1.82, 2.24) is 4.90 Å². The minimum absolute atomic E-state index is 0.188. The largest absolute Gasteiger partial charge is 0.480 e. The summed E-state index contributed by atoms with van der Waals surface area (Å²) in [6, 6.07) is 11.8. The number of hydrogen-bond donors (Lipinski definition) is 1. The van der Waals surface area contributed by atoms with Crippen LogP contribution in [-0.2, 0) is 40.4 Å². The standard InChI is InChI=1S/C31H31NO9/c1-17(38-29(36)26(39-18(2)34)19-7-5-4-6-8-19)28(35)40-22-11-12-31(37)23-15-20-9-10-21(16-33)25-24(20)30(31,27(22)41-25)13-14-32(23)3/h4-11,16-17,23,26-27,37H,12-15H2,1-3H3/t17-,23+,26-,27-,30-,31+/m0/s1. The molecule has 2 aromatic rings. The van der Waals surface area contributed by atoms with Crippen molar-refractivity contribution in [1.29, 1.82) is 0 Å². The number of carbonyl (C=O) groups excluding carboxylic acids is 4. The van der Waals surface area contributed by atoms with Crippen LogP contribution < -0.4 is 4.74 Å². The molecule has 0 unspecified atom stereocenters. The summed E-state index contributed by atoms with van der Waals surface area (Å²) >= 11 is 0. The molecule has 0 saturated carbocycles. The SMILES string of the molecule is CC(=O)O[C@H](C(=O)O[C@@H](C)C(=O)OC1=CC[C@@]2(O)[C@H]3Cc4ccc(C=O)c5c4[C@@]2(CCN3C)[C@H]1O5)c1ccccc1. The third kappa shape index (κ3) is 3.99. The molecule has 1 N–H and O–H groups in total. The van der Waals surface area contributed by atoms with E-state index in [2.05, 4.69) is 4.90 Å². The van der Waals surface area contributed by atoms with Crippen molar-refractivity contribution >= 4 is 24.2 Å². The number of carbonyl (C=O) groups is 4. The maximum atomic E-state index is 13.2. The van der Waals surface area contributed by atoms with Gasteiger partial charge < -0.3 is 29.0 Å². The average Bonchev–Trinajstić information content (AvgIpc) is 3.31. The number of ether oxygens (including phenoxy) is 4. The first-order valence-corrected chi connectivity index (χ1v) is 13.7. The Morgan fingerprint density at radius 2 is 1.88 bits per heavy atom. The van der Waals surface area contributed by atoms with Gasteiger partial charge in [-0.2, -0.15) is 0 Å². The van der Waals surface area contributed by atoms with Crippen LogP contribution in [0.3, 0.4) is 0 Å². The minimum Gasteiger partial charge on any atom is -0.480 e. The second kappa shape index (κ2) is 9.81. The Kier molecular flexibility index (Phi) is 6.50. The zero-order chi connectivity index (χ0) is 29.1. The first-order chi connectivity index (χ1) is 19.6. The van der Waals surface area contributed by atoms with Crippen molar-refractivity contribution in [2.24, 2.45) is 0 Å². The van der Waals surface area contributed by atoms with Crippen molar-refractivity contribution in [2.45, 2.75) is 68.5 Å². The summed E-state index contributed by atoms with van der Waals surface area (Å²) in [4.78, 5) is 52.0. The first-order valence-electron chi connectivity index (χ1n) is 13.7. The number of likely N-dealkylation sites (N-methyl/N-ethyl adjacent to an activating group) is 1. The zero-order valence-electron chi connectivity index (χ0n) is 23.0.